The van der Waals surface area contributed by atoms with Crippen LogP contribution in [0, 0.1) is 5.82 Å². The fourth-order valence-corrected chi connectivity index (χ4v) is 3.60. The maximum absolute atomic E-state index is 14.1. The van der Waals surface area contributed by atoms with Crippen LogP contribution in [0.15, 0.2) is 70.7 Å². The van der Waals surface area contributed by atoms with E-state index in [0.29, 0.717) is 21.8 Å². The van der Waals surface area contributed by atoms with Gasteiger partial charge in [0, 0.05) is 28.5 Å². The molecule has 2 N–H and O–H groups in total. The number of anilines is 2. The molecule has 0 aliphatic carbocycles. The van der Waals surface area contributed by atoms with Gasteiger partial charge in [-0.15, -0.1) is 0 Å². The highest BCUT2D eigenvalue weighted by molar-refractivity contribution is 7.99. The molecule has 7 heteroatoms. The van der Waals surface area contributed by atoms with Gasteiger partial charge in [0.1, 0.15) is 5.82 Å². The SMILES string of the molecule is O=C(Nc1ccncc1)c1ccc2c(c1)NC(=O)c1cccc(F)c1S2. The topological polar surface area (TPSA) is 71.1 Å². The first-order chi connectivity index (χ1) is 12.6. The standard InChI is InChI=1S/C19H12FN3O2S/c20-14-3-1-2-13-17(14)26-16-5-4-11(10-15(16)23-19(13)25)18(24)22-12-6-8-21-9-7-12/h1-10H,(H,23,25)(H,21,22,24). The molecule has 26 heavy (non-hydrogen) atoms. The number of carbonyl (C=O) groups is 2. The molecule has 0 radical (unpaired) electrons. The zero-order valence-electron chi connectivity index (χ0n) is 13.3. The number of halogens is 1. The van der Waals surface area contributed by atoms with Crippen molar-refractivity contribution >= 4 is 35.0 Å². The van der Waals surface area contributed by atoms with Crippen LogP contribution in [0.5, 0.6) is 0 Å². The van der Waals surface area contributed by atoms with E-state index >= 15 is 0 Å². The van der Waals surface area contributed by atoms with Gasteiger partial charge in [0.05, 0.1) is 16.1 Å². The average molecular weight is 365 g/mol. The number of aromatic nitrogens is 1. The van der Waals surface area contributed by atoms with Crippen molar-refractivity contribution in [2.24, 2.45) is 0 Å². The molecule has 4 rings (SSSR count). The summed E-state index contributed by atoms with van der Waals surface area (Å²) in [5.74, 6) is -1.17. The number of benzene rings is 2. The molecule has 2 amide bonds. The van der Waals surface area contributed by atoms with Crippen LogP contribution in [-0.4, -0.2) is 16.8 Å². The van der Waals surface area contributed by atoms with E-state index in [9.17, 15) is 14.0 Å². The summed E-state index contributed by atoms with van der Waals surface area (Å²) in [6.45, 7) is 0. The first-order valence-electron chi connectivity index (χ1n) is 7.75. The summed E-state index contributed by atoms with van der Waals surface area (Å²) in [5.41, 5.74) is 1.74. The Morgan fingerprint density at radius 2 is 1.92 bits per heavy atom. The smallest absolute Gasteiger partial charge is 0.256 e. The largest absolute Gasteiger partial charge is 0.322 e. The van der Waals surface area contributed by atoms with Crippen LogP contribution < -0.4 is 10.6 Å². The van der Waals surface area contributed by atoms with Crippen LogP contribution in [-0.2, 0) is 0 Å². The summed E-state index contributed by atoms with van der Waals surface area (Å²) in [6.07, 6.45) is 3.16. The highest BCUT2D eigenvalue weighted by Gasteiger charge is 2.23. The van der Waals surface area contributed by atoms with Gasteiger partial charge < -0.3 is 10.6 Å². The van der Waals surface area contributed by atoms with Gasteiger partial charge >= 0.3 is 0 Å². The summed E-state index contributed by atoms with van der Waals surface area (Å²) in [5, 5.41) is 5.51. The van der Waals surface area contributed by atoms with Gasteiger partial charge in [0.15, 0.2) is 0 Å². The van der Waals surface area contributed by atoms with Crippen LogP contribution >= 0.6 is 11.8 Å². The average Bonchev–Trinajstić information content (AvgIpc) is 2.79. The maximum atomic E-state index is 14.1. The summed E-state index contributed by atoms with van der Waals surface area (Å²) in [6, 6.07) is 12.7. The van der Waals surface area contributed by atoms with Gasteiger partial charge in [-0.25, -0.2) is 4.39 Å². The van der Waals surface area contributed by atoms with Crippen molar-refractivity contribution in [2.45, 2.75) is 9.79 Å². The lowest BCUT2D eigenvalue weighted by atomic mass is 10.1. The number of carbonyl (C=O) groups excluding carboxylic acids is 2. The molecule has 0 fully saturated rings. The molecular weight excluding hydrogens is 353 g/mol. The minimum Gasteiger partial charge on any atom is -0.322 e. The van der Waals surface area contributed by atoms with Crippen molar-refractivity contribution in [3.8, 4) is 0 Å². The van der Waals surface area contributed by atoms with E-state index in [1.54, 1.807) is 48.8 Å². The zero-order valence-corrected chi connectivity index (χ0v) is 14.1. The highest BCUT2D eigenvalue weighted by atomic mass is 32.2. The highest BCUT2D eigenvalue weighted by Crippen LogP contribution is 2.40. The van der Waals surface area contributed by atoms with E-state index in [1.807, 2.05) is 0 Å². The number of rotatable bonds is 2. The van der Waals surface area contributed by atoms with Crippen molar-refractivity contribution in [3.05, 3.63) is 77.9 Å². The lowest BCUT2D eigenvalue weighted by Crippen LogP contribution is -2.14. The van der Waals surface area contributed by atoms with Crippen molar-refractivity contribution in [2.75, 3.05) is 10.6 Å². The molecule has 2 aromatic carbocycles. The minimum atomic E-state index is -0.449. The number of nitrogens with one attached hydrogen (secondary N) is 2. The molecule has 1 aliphatic heterocycles. The first-order valence-corrected chi connectivity index (χ1v) is 8.56. The summed E-state index contributed by atoms with van der Waals surface area (Å²) in [7, 11) is 0. The second-order valence-electron chi connectivity index (χ2n) is 5.57. The third kappa shape index (κ3) is 3.04. The van der Waals surface area contributed by atoms with E-state index in [0.717, 1.165) is 11.8 Å². The van der Waals surface area contributed by atoms with E-state index in [-0.39, 0.29) is 16.4 Å². The minimum absolute atomic E-state index is 0.272. The molecule has 1 aromatic heterocycles. The lowest BCUT2D eigenvalue weighted by molar-refractivity contribution is 0.101. The van der Waals surface area contributed by atoms with Crippen molar-refractivity contribution in [1.82, 2.24) is 4.98 Å². The first kappa shape index (κ1) is 16.3. The molecule has 128 valence electrons. The molecule has 5 nitrogen and oxygen atoms in total. The van der Waals surface area contributed by atoms with Crippen molar-refractivity contribution in [1.29, 1.82) is 0 Å². The molecule has 0 bridgehead atoms. The Balaban J connectivity index is 1.66. The Hall–Kier alpha value is -3.19. The fraction of sp³-hybridized carbons (Fsp3) is 0. The Bertz CT molecular complexity index is 1020. The zero-order chi connectivity index (χ0) is 18.1. The van der Waals surface area contributed by atoms with Gasteiger partial charge in [0.2, 0.25) is 0 Å². The normalized spacial score (nSPS) is 12.4. The van der Waals surface area contributed by atoms with Gasteiger partial charge in [-0.1, -0.05) is 17.8 Å². The van der Waals surface area contributed by atoms with E-state index in [2.05, 4.69) is 15.6 Å². The van der Waals surface area contributed by atoms with Crippen LogP contribution in [0.2, 0.25) is 0 Å². The third-order valence-corrected chi connectivity index (χ3v) is 5.05. The quantitative estimate of drug-likeness (QED) is 0.714. The number of hydrogen-bond donors (Lipinski definition) is 2. The molecule has 0 spiro atoms. The van der Waals surface area contributed by atoms with Gasteiger partial charge in [-0.2, -0.15) is 0 Å². The van der Waals surface area contributed by atoms with E-state index in [4.69, 9.17) is 0 Å². The maximum Gasteiger partial charge on any atom is 0.256 e. The van der Waals surface area contributed by atoms with Gasteiger partial charge in [0.25, 0.3) is 11.8 Å². The van der Waals surface area contributed by atoms with Crippen LogP contribution in [0.4, 0.5) is 15.8 Å². The van der Waals surface area contributed by atoms with Crippen LogP contribution in [0.25, 0.3) is 0 Å². The molecule has 3 aromatic rings. The number of nitrogens with zero attached hydrogens (tertiary/aromatic N) is 1. The number of hydrogen-bond acceptors (Lipinski definition) is 4. The molecule has 0 saturated carbocycles. The van der Waals surface area contributed by atoms with E-state index < -0.39 is 11.7 Å². The molecule has 0 atom stereocenters. The van der Waals surface area contributed by atoms with Crippen LogP contribution in [0.1, 0.15) is 20.7 Å². The summed E-state index contributed by atoms with van der Waals surface area (Å²) >= 11 is 1.16. The van der Waals surface area contributed by atoms with Crippen molar-refractivity contribution in [3.63, 3.8) is 0 Å². The molecule has 0 unspecified atom stereocenters. The second-order valence-corrected chi connectivity index (χ2v) is 6.63. The number of amides is 2. The fourth-order valence-electron chi connectivity index (χ4n) is 2.59. The summed E-state index contributed by atoms with van der Waals surface area (Å²) in [4.78, 5) is 29.7. The second kappa shape index (κ2) is 6.61. The molecular formula is C19H12FN3O2S. The number of pyridine rings is 1. The Kier molecular flexibility index (Phi) is 4.14. The molecule has 0 saturated heterocycles. The molecule has 1 aliphatic rings. The monoisotopic (exact) mass is 365 g/mol. The van der Waals surface area contributed by atoms with Gasteiger partial charge in [-0.05, 0) is 42.5 Å². The third-order valence-electron chi connectivity index (χ3n) is 3.85. The molecule has 2 heterocycles. The Morgan fingerprint density at radius 3 is 2.73 bits per heavy atom. The summed E-state index contributed by atoms with van der Waals surface area (Å²) < 4.78 is 14.1. The van der Waals surface area contributed by atoms with Gasteiger partial charge in [-0.3, -0.25) is 14.6 Å². The number of fused-ring (bicyclic) bond motifs is 2. The van der Waals surface area contributed by atoms with Crippen LogP contribution in [0.3, 0.4) is 0 Å². The lowest BCUT2D eigenvalue weighted by Gasteiger charge is -2.09. The van der Waals surface area contributed by atoms with E-state index in [1.165, 1.54) is 12.1 Å². The predicted molar refractivity (Wildman–Crippen MR) is 97.1 cm³/mol. The predicted octanol–water partition coefficient (Wildman–Crippen LogP) is 4.19. The Labute approximate surface area is 152 Å². The van der Waals surface area contributed by atoms with Crippen molar-refractivity contribution < 1.29 is 14.0 Å². The Morgan fingerprint density at radius 1 is 1.12 bits per heavy atom.